The highest BCUT2D eigenvalue weighted by atomic mass is 19.4. The van der Waals surface area contributed by atoms with Gasteiger partial charge < -0.3 is 4.74 Å². The van der Waals surface area contributed by atoms with Crippen molar-refractivity contribution in [2.75, 3.05) is 6.61 Å². The third-order valence-electron chi connectivity index (χ3n) is 3.14. The molecule has 2 unspecified atom stereocenters. The third kappa shape index (κ3) is 4.00. The van der Waals surface area contributed by atoms with E-state index in [0.29, 0.717) is 13.3 Å². The van der Waals surface area contributed by atoms with Crippen LogP contribution >= 0.6 is 0 Å². The van der Waals surface area contributed by atoms with E-state index in [2.05, 4.69) is 4.74 Å². The van der Waals surface area contributed by atoms with Crippen molar-refractivity contribution in [1.29, 1.82) is 0 Å². The maximum atomic E-state index is 13.5. The van der Waals surface area contributed by atoms with Crippen molar-refractivity contribution in [3.63, 3.8) is 0 Å². The molecule has 9 heteroatoms. The minimum Gasteiger partial charge on any atom is -0.465 e. The number of carbonyl (C=O) groups is 1. The monoisotopic (exact) mass is 326 g/mol. The molecule has 0 aromatic heterocycles. The van der Waals surface area contributed by atoms with Crippen LogP contribution in [0.4, 0.5) is 30.7 Å². The second-order valence-electron chi connectivity index (χ2n) is 4.67. The Bertz CT molecular complexity index is 352. The highest BCUT2D eigenvalue weighted by molar-refractivity contribution is 5.72. The molecule has 0 aliphatic rings. The lowest BCUT2D eigenvalue weighted by molar-refractivity contribution is -0.367. The predicted octanol–water partition coefficient (Wildman–Crippen LogP) is 4.43. The maximum absolute atomic E-state index is 13.5. The van der Waals surface area contributed by atoms with E-state index in [4.69, 9.17) is 0 Å². The Balaban J connectivity index is 5.34. The molecular formula is C12H17F7O2. The van der Waals surface area contributed by atoms with Crippen LogP contribution < -0.4 is 0 Å². The lowest BCUT2D eigenvalue weighted by Crippen LogP contribution is -2.57. The maximum Gasteiger partial charge on any atom is 0.459 e. The molecule has 0 N–H and O–H groups in total. The molecule has 126 valence electrons. The van der Waals surface area contributed by atoms with Gasteiger partial charge in [-0.15, -0.1) is 0 Å². The molecule has 0 amide bonds. The number of alkyl halides is 7. The molecule has 0 aliphatic carbocycles. The Morgan fingerprint density at radius 1 is 1.05 bits per heavy atom. The Morgan fingerprint density at radius 2 is 1.52 bits per heavy atom. The van der Waals surface area contributed by atoms with Gasteiger partial charge in [0.15, 0.2) is 0 Å². The summed E-state index contributed by atoms with van der Waals surface area (Å²) in [4.78, 5) is 11.5. The van der Waals surface area contributed by atoms with Crippen LogP contribution in [0, 0.1) is 11.8 Å². The number of ether oxygens (including phenoxy) is 1. The van der Waals surface area contributed by atoms with Crippen LogP contribution in [0.1, 0.15) is 33.6 Å². The standard InChI is InChI=1S/C12H17F7O2/c1-4-6-21-9(20)8(5-2)7(3)10(13,14)11(15,16)12(17,18)19/h7-8H,4-6H2,1-3H3. The van der Waals surface area contributed by atoms with Gasteiger partial charge in [-0.2, -0.15) is 30.7 Å². The molecule has 0 spiro atoms. The van der Waals surface area contributed by atoms with Gasteiger partial charge in [-0.3, -0.25) is 4.79 Å². The summed E-state index contributed by atoms with van der Waals surface area (Å²) in [6, 6.07) is 0. The zero-order chi connectivity index (χ0) is 17.1. The van der Waals surface area contributed by atoms with Crippen LogP contribution in [-0.4, -0.2) is 30.6 Å². The van der Waals surface area contributed by atoms with E-state index in [0.717, 1.165) is 0 Å². The van der Waals surface area contributed by atoms with Gasteiger partial charge in [0, 0.05) is 5.92 Å². The van der Waals surface area contributed by atoms with Crippen molar-refractivity contribution < 1.29 is 40.3 Å². The number of rotatable bonds is 7. The van der Waals surface area contributed by atoms with Gasteiger partial charge >= 0.3 is 24.0 Å². The molecule has 0 aromatic carbocycles. The number of halogens is 7. The molecule has 2 nitrogen and oxygen atoms in total. The lowest BCUT2D eigenvalue weighted by atomic mass is 9.83. The Kier molecular flexibility index (Phi) is 6.50. The number of hydrogen-bond acceptors (Lipinski definition) is 2. The molecule has 0 bridgehead atoms. The number of hydrogen-bond donors (Lipinski definition) is 0. The predicted molar refractivity (Wildman–Crippen MR) is 60.1 cm³/mol. The normalized spacial score (nSPS) is 16.5. The Labute approximate surface area is 117 Å². The van der Waals surface area contributed by atoms with E-state index in [1.165, 1.54) is 6.92 Å². The number of carbonyl (C=O) groups excluding carboxylic acids is 1. The van der Waals surface area contributed by atoms with Crippen LogP contribution in [0.5, 0.6) is 0 Å². The zero-order valence-corrected chi connectivity index (χ0v) is 11.7. The average molecular weight is 326 g/mol. The molecule has 0 aliphatic heterocycles. The molecule has 0 heterocycles. The van der Waals surface area contributed by atoms with Gasteiger partial charge in [-0.1, -0.05) is 20.8 Å². The highest BCUT2D eigenvalue weighted by Crippen LogP contribution is 2.51. The largest absolute Gasteiger partial charge is 0.465 e. The highest BCUT2D eigenvalue weighted by Gasteiger charge is 2.75. The van der Waals surface area contributed by atoms with Gasteiger partial charge in [-0.05, 0) is 12.8 Å². The van der Waals surface area contributed by atoms with Crippen molar-refractivity contribution in [3.05, 3.63) is 0 Å². The summed E-state index contributed by atoms with van der Waals surface area (Å²) in [5.74, 6) is -17.1. The minimum absolute atomic E-state index is 0.122. The van der Waals surface area contributed by atoms with Gasteiger partial charge in [0.25, 0.3) is 0 Å². The first-order chi connectivity index (χ1) is 9.34. The van der Waals surface area contributed by atoms with Crippen LogP contribution in [0.3, 0.4) is 0 Å². The van der Waals surface area contributed by atoms with Crippen molar-refractivity contribution >= 4 is 5.97 Å². The quantitative estimate of drug-likeness (QED) is 0.511. The van der Waals surface area contributed by atoms with Crippen LogP contribution in [0.25, 0.3) is 0 Å². The molecular weight excluding hydrogens is 309 g/mol. The smallest absolute Gasteiger partial charge is 0.459 e. The molecule has 0 radical (unpaired) electrons. The Hall–Kier alpha value is -1.02. The van der Waals surface area contributed by atoms with Crippen molar-refractivity contribution in [2.45, 2.75) is 51.6 Å². The fourth-order valence-electron chi connectivity index (χ4n) is 1.76. The van der Waals surface area contributed by atoms with Crippen molar-refractivity contribution in [2.24, 2.45) is 11.8 Å². The summed E-state index contributed by atoms with van der Waals surface area (Å²) in [5.41, 5.74) is 0. The van der Waals surface area contributed by atoms with E-state index in [1.54, 1.807) is 6.92 Å². The van der Waals surface area contributed by atoms with E-state index in [9.17, 15) is 35.5 Å². The summed E-state index contributed by atoms with van der Waals surface area (Å²) in [5, 5.41) is 0. The summed E-state index contributed by atoms with van der Waals surface area (Å²) in [7, 11) is 0. The summed E-state index contributed by atoms with van der Waals surface area (Å²) < 4.78 is 93.9. The summed E-state index contributed by atoms with van der Waals surface area (Å²) >= 11 is 0. The molecule has 0 saturated carbocycles. The zero-order valence-electron chi connectivity index (χ0n) is 11.7. The van der Waals surface area contributed by atoms with Gasteiger partial charge in [0.05, 0.1) is 12.5 Å². The van der Waals surface area contributed by atoms with E-state index < -0.39 is 35.8 Å². The second-order valence-corrected chi connectivity index (χ2v) is 4.67. The summed E-state index contributed by atoms with van der Waals surface area (Å²) in [6.07, 6.45) is -6.38. The number of esters is 1. The van der Waals surface area contributed by atoms with E-state index in [-0.39, 0.29) is 13.0 Å². The molecule has 21 heavy (non-hydrogen) atoms. The first kappa shape index (κ1) is 20.0. The SMILES string of the molecule is CCCOC(=O)C(CC)C(C)C(F)(F)C(F)(F)C(F)(F)F. The van der Waals surface area contributed by atoms with E-state index >= 15 is 0 Å². The molecule has 0 fully saturated rings. The fourth-order valence-corrected chi connectivity index (χ4v) is 1.76. The molecule has 2 atom stereocenters. The summed E-state index contributed by atoms with van der Waals surface area (Å²) in [6.45, 7) is 3.21. The van der Waals surface area contributed by atoms with Crippen molar-refractivity contribution in [3.8, 4) is 0 Å². The van der Waals surface area contributed by atoms with Gasteiger partial charge in [0.1, 0.15) is 0 Å². The first-order valence-corrected chi connectivity index (χ1v) is 6.33. The minimum atomic E-state index is -6.41. The van der Waals surface area contributed by atoms with Crippen LogP contribution in [0.15, 0.2) is 0 Å². The first-order valence-electron chi connectivity index (χ1n) is 6.33. The molecule has 0 rings (SSSR count). The fraction of sp³-hybridized carbons (Fsp3) is 0.917. The second kappa shape index (κ2) is 6.83. The topological polar surface area (TPSA) is 26.3 Å². The van der Waals surface area contributed by atoms with Crippen LogP contribution in [0.2, 0.25) is 0 Å². The molecule has 0 aromatic rings. The van der Waals surface area contributed by atoms with Crippen LogP contribution in [-0.2, 0) is 9.53 Å². The third-order valence-corrected chi connectivity index (χ3v) is 3.14. The van der Waals surface area contributed by atoms with Gasteiger partial charge in [0.2, 0.25) is 0 Å². The molecule has 0 saturated heterocycles. The van der Waals surface area contributed by atoms with Crippen molar-refractivity contribution in [1.82, 2.24) is 0 Å². The van der Waals surface area contributed by atoms with Gasteiger partial charge in [-0.25, -0.2) is 0 Å². The van der Waals surface area contributed by atoms with E-state index in [1.807, 2.05) is 0 Å². The Morgan fingerprint density at radius 3 is 1.86 bits per heavy atom. The average Bonchev–Trinajstić information content (AvgIpc) is 2.35. The lowest BCUT2D eigenvalue weighted by Gasteiger charge is -2.35.